The molecule has 0 radical (unpaired) electrons. The minimum Gasteiger partial charge on any atom is -0.375 e. The average Bonchev–Trinajstić information content (AvgIpc) is 3.10. The number of hydrogen-bond acceptors (Lipinski definition) is 3. The highest BCUT2D eigenvalue weighted by Gasteiger charge is 2.31. The molecule has 1 fully saturated rings. The third-order valence-corrected chi connectivity index (χ3v) is 6.36. The molecule has 24 heavy (non-hydrogen) atoms. The second-order valence-corrected chi connectivity index (χ2v) is 8.63. The largest absolute Gasteiger partial charge is 0.375 e. The van der Waals surface area contributed by atoms with Crippen LogP contribution in [-0.2, 0) is 10.2 Å². The molecule has 2 heterocycles. The highest BCUT2D eigenvalue weighted by molar-refractivity contribution is 7.10. The van der Waals surface area contributed by atoms with Gasteiger partial charge in [0, 0.05) is 22.9 Å². The van der Waals surface area contributed by atoms with E-state index < -0.39 is 0 Å². The summed E-state index contributed by atoms with van der Waals surface area (Å²) < 4.78 is 5.83. The zero-order valence-corrected chi connectivity index (χ0v) is 15.9. The van der Waals surface area contributed by atoms with Crippen molar-refractivity contribution >= 4 is 11.3 Å². The van der Waals surface area contributed by atoms with Gasteiger partial charge in [-0.3, -0.25) is 0 Å². The van der Waals surface area contributed by atoms with Crippen LogP contribution in [0, 0.1) is 0 Å². The summed E-state index contributed by atoms with van der Waals surface area (Å²) in [6, 6.07) is 15.9. The molecule has 130 valence electrons. The first-order valence-corrected chi connectivity index (χ1v) is 9.84. The summed E-state index contributed by atoms with van der Waals surface area (Å²) in [7, 11) is 0. The van der Waals surface area contributed by atoms with Crippen molar-refractivity contribution in [2.75, 3.05) is 13.2 Å². The Morgan fingerprint density at radius 1 is 1.21 bits per heavy atom. The first-order chi connectivity index (χ1) is 11.5. The quantitative estimate of drug-likeness (QED) is 0.797. The van der Waals surface area contributed by atoms with Crippen molar-refractivity contribution in [1.82, 2.24) is 5.32 Å². The first-order valence-electron chi connectivity index (χ1n) is 8.96. The Morgan fingerprint density at radius 2 is 2.00 bits per heavy atom. The van der Waals surface area contributed by atoms with Crippen molar-refractivity contribution in [2.24, 2.45) is 0 Å². The molecule has 0 unspecified atom stereocenters. The van der Waals surface area contributed by atoms with Crippen LogP contribution in [0.3, 0.4) is 0 Å². The minimum atomic E-state index is 0.00635. The van der Waals surface area contributed by atoms with Gasteiger partial charge in [0.05, 0.1) is 5.60 Å². The molecule has 3 heteroatoms. The average molecular weight is 344 g/mol. The van der Waals surface area contributed by atoms with E-state index in [4.69, 9.17) is 4.74 Å². The van der Waals surface area contributed by atoms with Gasteiger partial charge < -0.3 is 10.1 Å². The Bertz CT molecular complexity index is 623. The van der Waals surface area contributed by atoms with Gasteiger partial charge in [0.25, 0.3) is 0 Å². The van der Waals surface area contributed by atoms with E-state index in [1.54, 1.807) is 0 Å². The molecule has 1 aromatic heterocycles. The topological polar surface area (TPSA) is 21.3 Å². The van der Waals surface area contributed by atoms with Gasteiger partial charge in [0.15, 0.2) is 0 Å². The van der Waals surface area contributed by atoms with E-state index in [0.717, 1.165) is 32.4 Å². The van der Waals surface area contributed by atoms with Crippen LogP contribution in [0.15, 0.2) is 47.8 Å². The molecule has 2 aromatic rings. The molecule has 1 aliphatic rings. The van der Waals surface area contributed by atoms with Crippen molar-refractivity contribution in [2.45, 2.75) is 57.1 Å². The summed E-state index contributed by atoms with van der Waals surface area (Å²) >= 11 is 1.86. The van der Waals surface area contributed by atoms with Crippen LogP contribution in [0.2, 0.25) is 0 Å². The summed E-state index contributed by atoms with van der Waals surface area (Å²) in [6.07, 6.45) is 3.31. The lowest BCUT2D eigenvalue weighted by Gasteiger charge is -2.37. The third-order valence-electron chi connectivity index (χ3n) is 5.23. The van der Waals surface area contributed by atoms with Crippen LogP contribution in [0.25, 0.3) is 0 Å². The van der Waals surface area contributed by atoms with Crippen LogP contribution < -0.4 is 5.32 Å². The summed E-state index contributed by atoms with van der Waals surface area (Å²) in [5, 5.41) is 5.97. The molecule has 1 N–H and O–H groups in total. The smallest absolute Gasteiger partial charge is 0.0641 e. The molecule has 1 aliphatic heterocycles. The van der Waals surface area contributed by atoms with Gasteiger partial charge in [-0.05, 0) is 56.7 Å². The Labute approximate surface area is 150 Å². The van der Waals surface area contributed by atoms with Crippen LogP contribution >= 0.6 is 11.3 Å². The number of ether oxygens (including phenoxy) is 1. The molecule has 0 bridgehead atoms. The number of thiophene rings is 1. The normalized spacial score (nSPS) is 22.9. The number of rotatable bonds is 6. The summed E-state index contributed by atoms with van der Waals surface area (Å²) in [5.74, 6) is 0. The fourth-order valence-electron chi connectivity index (χ4n) is 3.74. The van der Waals surface area contributed by atoms with Crippen molar-refractivity contribution < 1.29 is 4.74 Å². The second kappa shape index (κ2) is 7.38. The Kier molecular flexibility index (Phi) is 5.43. The fraction of sp³-hybridized carbons (Fsp3) is 0.524. The van der Waals surface area contributed by atoms with E-state index in [1.165, 1.54) is 10.4 Å². The van der Waals surface area contributed by atoms with E-state index in [2.05, 4.69) is 73.9 Å². The van der Waals surface area contributed by atoms with Crippen LogP contribution in [-0.4, -0.2) is 24.8 Å². The van der Waals surface area contributed by atoms with Gasteiger partial charge in [-0.1, -0.05) is 43.3 Å². The maximum Gasteiger partial charge on any atom is 0.0641 e. The van der Waals surface area contributed by atoms with Crippen LogP contribution in [0.4, 0.5) is 0 Å². The minimum absolute atomic E-state index is 0.00635. The molecule has 0 spiro atoms. The van der Waals surface area contributed by atoms with E-state index in [-0.39, 0.29) is 11.0 Å². The van der Waals surface area contributed by atoms with E-state index >= 15 is 0 Å². The molecular formula is C21H29NOS. The number of nitrogens with one attached hydrogen (secondary N) is 1. The van der Waals surface area contributed by atoms with Gasteiger partial charge in [0.1, 0.15) is 0 Å². The lowest BCUT2D eigenvalue weighted by atomic mass is 9.78. The van der Waals surface area contributed by atoms with E-state index in [0.29, 0.717) is 6.04 Å². The zero-order valence-electron chi connectivity index (χ0n) is 15.0. The first kappa shape index (κ1) is 17.7. The van der Waals surface area contributed by atoms with Gasteiger partial charge in [-0.2, -0.15) is 0 Å². The molecular weight excluding hydrogens is 314 g/mol. The van der Waals surface area contributed by atoms with Crippen LogP contribution in [0.1, 0.15) is 50.5 Å². The van der Waals surface area contributed by atoms with Crippen molar-refractivity contribution in [3.63, 3.8) is 0 Å². The third kappa shape index (κ3) is 4.08. The maximum atomic E-state index is 5.83. The molecule has 1 aromatic carbocycles. The maximum absolute atomic E-state index is 5.83. The predicted octanol–water partition coefficient (Wildman–Crippen LogP) is 4.99. The highest BCUT2D eigenvalue weighted by atomic mass is 32.1. The SMILES string of the molecule is CC1(C)C[C@H](NCC[C@](C)(c2ccccc2)c2cccs2)CCO1. The lowest BCUT2D eigenvalue weighted by molar-refractivity contribution is -0.0628. The van der Waals surface area contributed by atoms with Gasteiger partial charge in [0.2, 0.25) is 0 Å². The van der Waals surface area contributed by atoms with Gasteiger partial charge in [-0.25, -0.2) is 0 Å². The van der Waals surface area contributed by atoms with Crippen LogP contribution in [0.5, 0.6) is 0 Å². The number of hydrogen-bond donors (Lipinski definition) is 1. The summed E-state index contributed by atoms with van der Waals surface area (Å²) in [5.41, 5.74) is 1.48. The van der Waals surface area contributed by atoms with Gasteiger partial charge >= 0.3 is 0 Å². The Morgan fingerprint density at radius 3 is 2.67 bits per heavy atom. The second-order valence-electron chi connectivity index (χ2n) is 7.68. The van der Waals surface area contributed by atoms with Crippen molar-refractivity contribution in [3.8, 4) is 0 Å². The van der Waals surface area contributed by atoms with Crippen molar-refractivity contribution in [3.05, 3.63) is 58.3 Å². The predicted molar refractivity (Wildman–Crippen MR) is 103 cm³/mol. The monoisotopic (exact) mass is 343 g/mol. The molecule has 3 rings (SSSR count). The Hall–Kier alpha value is -1.16. The summed E-state index contributed by atoms with van der Waals surface area (Å²) in [6.45, 7) is 8.67. The molecule has 1 saturated heterocycles. The molecule has 0 aliphatic carbocycles. The Balaban J connectivity index is 1.67. The van der Waals surface area contributed by atoms with Crippen molar-refractivity contribution in [1.29, 1.82) is 0 Å². The molecule has 2 atom stereocenters. The van der Waals surface area contributed by atoms with E-state index in [1.807, 2.05) is 11.3 Å². The standard InChI is InChI=1S/C21H29NOS/c1-20(2)16-18(11-14-23-20)22-13-12-21(3,19-10-7-15-24-19)17-8-5-4-6-9-17/h4-10,15,18,22H,11-14,16H2,1-3H3/t18-,21-/m1/s1. The lowest BCUT2D eigenvalue weighted by Crippen LogP contribution is -2.44. The number of benzene rings is 1. The molecule has 0 amide bonds. The summed E-state index contributed by atoms with van der Waals surface area (Å²) in [4.78, 5) is 1.45. The highest BCUT2D eigenvalue weighted by Crippen LogP contribution is 2.37. The molecule has 0 saturated carbocycles. The van der Waals surface area contributed by atoms with E-state index in [9.17, 15) is 0 Å². The molecule has 2 nitrogen and oxygen atoms in total. The van der Waals surface area contributed by atoms with Gasteiger partial charge in [-0.15, -0.1) is 11.3 Å². The zero-order chi connectivity index (χ0) is 17.0. The fourth-order valence-corrected chi connectivity index (χ4v) is 4.68.